The van der Waals surface area contributed by atoms with Crippen molar-refractivity contribution in [3.63, 3.8) is 0 Å². The molecule has 1 saturated heterocycles. The van der Waals surface area contributed by atoms with Gasteiger partial charge in [-0.2, -0.15) is 0 Å². The quantitative estimate of drug-likeness (QED) is 0.129. The van der Waals surface area contributed by atoms with Crippen LogP contribution in [0.25, 0.3) is 6.08 Å². The number of anilines is 1. The predicted octanol–water partition coefficient (Wildman–Crippen LogP) is 4.42. The minimum atomic E-state index is -0.776. The zero-order valence-electron chi connectivity index (χ0n) is 19.7. The van der Waals surface area contributed by atoms with Gasteiger partial charge in [-0.15, -0.1) is 0 Å². The molecule has 1 fully saturated rings. The number of nitrogens with zero attached hydrogens (tertiary/aromatic N) is 3. The Morgan fingerprint density at radius 2 is 1.84 bits per heavy atom. The van der Waals surface area contributed by atoms with Gasteiger partial charge < -0.3 is 4.74 Å². The number of thioether (sulfide) groups is 1. The van der Waals surface area contributed by atoms with E-state index in [0.29, 0.717) is 35.0 Å². The monoisotopic (exact) mass is 545 g/mol. The summed E-state index contributed by atoms with van der Waals surface area (Å²) in [6.07, 6.45) is 3.73. The van der Waals surface area contributed by atoms with Crippen LogP contribution in [0.15, 0.2) is 47.4 Å². The van der Waals surface area contributed by atoms with Gasteiger partial charge in [-0.1, -0.05) is 42.5 Å². The molecule has 12 nitrogen and oxygen atoms in total. The summed E-state index contributed by atoms with van der Waals surface area (Å²) >= 11 is 6.60. The molecule has 1 aliphatic heterocycles. The lowest BCUT2D eigenvalue weighted by molar-refractivity contribution is -0.393. The Morgan fingerprint density at radius 1 is 1.11 bits per heavy atom. The first kappa shape index (κ1) is 27.5. The summed E-state index contributed by atoms with van der Waals surface area (Å²) < 4.78 is 5.62. The normalized spacial score (nSPS) is 14.1. The highest BCUT2D eigenvalue weighted by Crippen LogP contribution is 2.33. The average Bonchev–Trinajstić information content (AvgIpc) is 3.14. The number of hydrazine groups is 1. The van der Waals surface area contributed by atoms with Crippen LogP contribution >= 0.6 is 24.0 Å². The van der Waals surface area contributed by atoms with E-state index in [2.05, 4.69) is 10.9 Å². The number of ether oxygens (including phenoxy) is 1. The number of nitro benzene ring substituents is 2. The van der Waals surface area contributed by atoms with E-state index in [1.54, 1.807) is 18.1 Å². The van der Waals surface area contributed by atoms with Gasteiger partial charge >= 0.3 is 5.69 Å². The van der Waals surface area contributed by atoms with Crippen LogP contribution < -0.4 is 15.6 Å². The number of benzene rings is 2. The number of amides is 2. The Bertz CT molecular complexity index is 1250. The summed E-state index contributed by atoms with van der Waals surface area (Å²) in [6.45, 7) is 0.430. The third-order valence-corrected chi connectivity index (χ3v) is 6.68. The average molecular weight is 546 g/mol. The van der Waals surface area contributed by atoms with Gasteiger partial charge in [0.15, 0.2) is 0 Å². The van der Waals surface area contributed by atoms with Crippen LogP contribution in [0.4, 0.5) is 17.1 Å². The van der Waals surface area contributed by atoms with Crippen molar-refractivity contribution in [2.75, 3.05) is 19.1 Å². The van der Waals surface area contributed by atoms with Crippen LogP contribution in [0, 0.1) is 20.2 Å². The molecule has 3 rings (SSSR count). The number of carbonyl (C=O) groups is 2. The summed E-state index contributed by atoms with van der Waals surface area (Å²) in [5.41, 5.74) is 4.63. The van der Waals surface area contributed by atoms with Crippen molar-refractivity contribution in [3.05, 3.63) is 73.2 Å². The second-order valence-corrected chi connectivity index (χ2v) is 9.48. The first-order chi connectivity index (χ1) is 17.7. The number of rotatable bonds is 12. The Balaban J connectivity index is 1.41. The number of carbonyl (C=O) groups excluding carboxylic acids is 2. The van der Waals surface area contributed by atoms with Gasteiger partial charge in [0.1, 0.15) is 15.8 Å². The van der Waals surface area contributed by atoms with Crippen LogP contribution in [-0.2, 0) is 9.59 Å². The van der Waals surface area contributed by atoms with Crippen molar-refractivity contribution in [3.8, 4) is 5.75 Å². The molecule has 2 aromatic rings. The van der Waals surface area contributed by atoms with E-state index in [9.17, 15) is 29.8 Å². The second-order valence-electron chi connectivity index (χ2n) is 7.81. The molecule has 0 radical (unpaired) electrons. The Morgan fingerprint density at radius 3 is 2.49 bits per heavy atom. The van der Waals surface area contributed by atoms with E-state index in [1.165, 1.54) is 11.8 Å². The van der Waals surface area contributed by atoms with Crippen molar-refractivity contribution in [2.24, 2.45) is 0 Å². The number of hydrogen-bond donors (Lipinski definition) is 2. The van der Waals surface area contributed by atoms with Gasteiger partial charge in [0.05, 0.1) is 27.9 Å². The number of thiocarbonyl (C=S) groups is 1. The van der Waals surface area contributed by atoms with Crippen LogP contribution in [0.1, 0.15) is 31.2 Å². The molecule has 14 heteroatoms. The zero-order chi connectivity index (χ0) is 26.9. The predicted molar refractivity (Wildman–Crippen MR) is 143 cm³/mol. The van der Waals surface area contributed by atoms with Crippen LogP contribution in [-0.4, -0.2) is 44.5 Å². The fourth-order valence-corrected chi connectivity index (χ4v) is 4.67. The van der Waals surface area contributed by atoms with Gasteiger partial charge in [-0.25, -0.2) is 0 Å². The van der Waals surface area contributed by atoms with Gasteiger partial charge in [-0.05, 0) is 42.7 Å². The number of unbranched alkanes of at least 4 members (excludes halogenated alkanes) is 2. The molecule has 0 atom stereocenters. The van der Waals surface area contributed by atoms with E-state index in [0.717, 1.165) is 29.5 Å². The first-order valence-corrected chi connectivity index (χ1v) is 12.3. The fourth-order valence-electron chi connectivity index (χ4n) is 3.37. The highest BCUT2D eigenvalue weighted by atomic mass is 32.2. The van der Waals surface area contributed by atoms with Crippen LogP contribution in [0.5, 0.6) is 5.75 Å². The molecular weight excluding hydrogens is 522 g/mol. The maximum absolute atomic E-state index is 12.7. The second kappa shape index (κ2) is 12.8. The number of hydrogen-bond acceptors (Lipinski definition) is 10. The molecule has 0 bridgehead atoms. The maximum Gasteiger partial charge on any atom is 0.300 e. The van der Waals surface area contributed by atoms with E-state index in [-0.39, 0.29) is 18.0 Å². The van der Waals surface area contributed by atoms with E-state index < -0.39 is 27.1 Å². The largest absolute Gasteiger partial charge is 0.497 e. The number of nitro groups is 2. The molecule has 1 aliphatic rings. The van der Waals surface area contributed by atoms with Crippen LogP contribution in [0.2, 0.25) is 0 Å². The Hall–Kier alpha value is -4.04. The maximum atomic E-state index is 12.7. The summed E-state index contributed by atoms with van der Waals surface area (Å²) in [6, 6.07) is 10.4. The summed E-state index contributed by atoms with van der Waals surface area (Å²) in [4.78, 5) is 47.4. The van der Waals surface area contributed by atoms with E-state index in [4.69, 9.17) is 17.0 Å². The summed E-state index contributed by atoms with van der Waals surface area (Å²) in [7, 11) is 1.58. The standard InChI is InChI=1S/C23H23N5O7S2/c1-35-17-9-6-15(7-10-17)13-20-22(30)26(23(36)37-20)12-4-2-3-5-21(29)25-24-18-11-8-16(27(31)32)14-19(18)28(33)34/h6-11,13-14,24H,2-5,12H2,1H3,(H,25,29)/b20-13-. The van der Waals surface area contributed by atoms with E-state index in [1.807, 2.05) is 24.3 Å². The summed E-state index contributed by atoms with van der Waals surface area (Å²) in [5, 5.41) is 22.0. The van der Waals surface area contributed by atoms with Crippen molar-refractivity contribution in [1.82, 2.24) is 10.3 Å². The first-order valence-electron chi connectivity index (χ1n) is 11.1. The minimum Gasteiger partial charge on any atom is -0.497 e. The van der Waals surface area contributed by atoms with Gasteiger partial charge in [-0.3, -0.25) is 45.6 Å². The van der Waals surface area contributed by atoms with Gasteiger partial charge in [0, 0.05) is 19.0 Å². The topological polar surface area (TPSA) is 157 Å². The van der Waals surface area contributed by atoms with Crippen molar-refractivity contribution < 1.29 is 24.2 Å². The molecule has 0 unspecified atom stereocenters. The van der Waals surface area contributed by atoms with Crippen molar-refractivity contribution in [1.29, 1.82) is 0 Å². The smallest absolute Gasteiger partial charge is 0.300 e. The SMILES string of the molecule is COc1ccc(/C=C2\SC(=S)N(CCCCCC(=O)NNc3ccc([N+](=O)[O-])cc3[N+](=O)[O-])C2=O)cc1. The molecule has 2 N–H and O–H groups in total. The van der Waals surface area contributed by atoms with Crippen molar-refractivity contribution >= 4 is 63.3 Å². The molecular formula is C23H23N5O7S2. The third kappa shape index (κ3) is 7.47. The van der Waals surface area contributed by atoms with E-state index >= 15 is 0 Å². The lowest BCUT2D eigenvalue weighted by atomic mass is 10.1. The number of nitrogens with one attached hydrogen (secondary N) is 2. The molecule has 2 aromatic carbocycles. The molecule has 2 amide bonds. The third-order valence-electron chi connectivity index (χ3n) is 5.30. The number of non-ortho nitro benzene ring substituents is 1. The molecule has 0 saturated carbocycles. The minimum absolute atomic E-state index is 0.0685. The zero-order valence-corrected chi connectivity index (χ0v) is 21.3. The van der Waals surface area contributed by atoms with Crippen molar-refractivity contribution in [2.45, 2.75) is 25.7 Å². The number of methoxy groups -OCH3 is 1. The highest BCUT2D eigenvalue weighted by Gasteiger charge is 2.31. The molecule has 0 aromatic heterocycles. The molecule has 0 aliphatic carbocycles. The summed E-state index contributed by atoms with van der Waals surface area (Å²) in [5.74, 6) is 0.167. The molecule has 194 valence electrons. The van der Waals surface area contributed by atoms with Gasteiger partial charge in [0.25, 0.3) is 11.6 Å². The Kier molecular flexibility index (Phi) is 9.51. The highest BCUT2D eigenvalue weighted by molar-refractivity contribution is 8.26. The van der Waals surface area contributed by atoms with Gasteiger partial charge in [0.2, 0.25) is 5.91 Å². The fraction of sp³-hybridized carbons (Fsp3) is 0.261. The Labute approximate surface area is 221 Å². The lowest BCUT2D eigenvalue weighted by Crippen LogP contribution is -2.30. The van der Waals surface area contributed by atoms with Crippen LogP contribution in [0.3, 0.4) is 0 Å². The lowest BCUT2D eigenvalue weighted by Gasteiger charge is -2.14. The molecule has 0 spiro atoms. The molecule has 1 heterocycles. The molecule has 37 heavy (non-hydrogen) atoms.